The van der Waals surface area contributed by atoms with Crippen molar-refractivity contribution >= 4 is 46.0 Å². The molecule has 0 spiro atoms. The van der Waals surface area contributed by atoms with Gasteiger partial charge in [-0.25, -0.2) is 4.39 Å². The third kappa shape index (κ3) is 5.81. The number of carbonyl (C=O) groups is 1. The molecule has 1 saturated heterocycles. The molecule has 35 heavy (non-hydrogen) atoms. The Morgan fingerprint density at radius 3 is 2.60 bits per heavy atom. The quantitative estimate of drug-likeness (QED) is 0.179. The number of thiocarbonyl (C=S) groups is 1. The zero-order chi connectivity index (χ0) is 24.8. The average molecular weight is 506 g/mol. The topological polar surface area (TPSA) is 38.8 Å². The Hall–Kier alpha value is -3.42. The number of amides is 1. The Bertz CT molecular complexity index is 1290. The predicted octanol–water partition coefficient (Wildman–Crippen LogP) is 6.94. The van der Waals surface area contributed by atoms with Gasteiger partial charge in [0.2, 0.25) is 0 Å². The van der Waals surface area contributed by atoms with E-state index >= 15 is 0 Å². The molecule has 3 aromatic carbocycles. The fraction of sp³-hybridized carbons (Fsp3) is 0.143. The Morgan fingerprint density at radius 1 is 1.09 bits per heavy atom. The van der Waals surface area contributed by atoms with Gasteiger partial charge in [-0.2, -0.15) is 0 Å². The van der Waals surface area contributed by atoms with Crippen LogP contribution in [0.1, 0.15) is 23.6 Å². The molecule has 0 atom stereocenters. The third-order valence-corrected chi connectivity index (χ3v) is 6.50. The molecular formula is C28H24FNO3S2. The Labute approximate surface area is 214 Å². The monoisotopic (exact) mass is 505 g/mol. The highest BCUT2D eigenvalue weighted by molar-refractivity contribution is 8.27. The minimum absolute atomic E-state index is 0.293. The number of nitrogens with zero attached hydrogens (tertiary/aromatic N) is 1. The number of thioether (sulfide) groups is 1. The number of ether oxygens (including phenoxy) is 2. The van der Waals surface area contributed by atoms with Crippen LogP contribution in [0.4, 0.5) is 10.1 Å². The number of carbonyl (C=O) groups excluding carboxylic acids is 1. The van der Waals surface area contributed by atoms with Crippen LogP contribution in [0.3, 0.4) is 0 Å². The van der Waals surface area contributed by atoms with Crippen LogP contribution in [-0.2, 0) is 17.8 Å². The van der Waals surface area contributed by atoms with Crippen molar-refractivity contribution in [2.75, 3.05) is 11.5 Å². The lowest BCUT2D eigenvalue weighted by Crippen LogP contribution is -2.27. The van der Waals surface area contributed by atoms with Crippen molar-refractivity contribution in [2.45, 2.75) is 20.0 Å². The van der Waals surface area contributed by atoms with Gasteiger partial charge in [0, 0.05) is 5.56 Å². The first-order chi connectivity index (χ1) is 17.0. The van der Waals surface area contributed by atoms with Crippen LogP contribution in [0, 0.1) is 5.82 Å². The summed E-state index contributed by atoms with van der Waals surface area (Å²) in [6.45, 7) is 6.64. The molecule has 0 bridgehead atoms. The second-order valence-corrected chi connectivity index (χ2v) is 9.38. The standard InChI is InChI=1S/C28H24FNO3S2/c1-3-9-21-14-20(15-24(32-4-2)26(21)33-18-19-10-6-5-7-11-19)16-25-27(31)30(28(34)35-25)23-13-8-12-22(29)17-23/h3,5-8,10-17H,1,4,9,18H2,2H3/b25-16+. The summed E-state index contributed by atoms with van der Waals surface area (Å²) in [5, 5.41) is 0. The molecule has 1 aliphatic heterocycles. The lowest BCUT2D eigenvalue weighted by Gasteiger charge is -2.17. The largest absolute Gasteiger partial charge is 0.490 e. The molecule has 178 valence electrons. The molecule has 4 rings (SSSR count). The van der Waals surface area contributed by atoms with Gasteiger partial charge in [0.25, 0.3) is 5.91 Å². The number of hydrogen-bond acceptors (Lipinski definition) is 5. The van der Waals surface area contributed by atoms with Gasteiger partial charge in [0.05, 0.1) is 17.2 Å². The minimum atomic E-state index is -0.429. The van der Waals surface area contributed by atoms with E-state index in [2.05, 4.69) is 6.58 Å². The molecule has 3 aromatic rings. The molecule has 0 saturated carbocycles. The number of benzene rings is 3. The summed E-state index contributed by atoms with van der Waals surface area (Å²) >= 11 is 6.60. The summed E-state index contributed by atoms with van der Waals surface area (Å²) < 4.78 is 26.2. The van der Waals surface area contributed by atoms with E-state index in [0.29, 0.717) is 46.0 Å². The van der Waals surface area contributed by atoms with Gasteiger partial charge in [0.15, 0.2) is 15.8 Å². The van der Waals surface area contributed by atoms with Gasteiger partial charge in [-0.05, 0) is 60.9 Å². The number of anilines is 1. The summed E-state index contributed by atoms with van der Waals surface area (Å²) in [7, 11) is 0. The summed E-state index contributed by atoms with van der Waals surface area (Å²) in [6, 6.07) is 19.5. The van der Waals surface area contributed by atoms with E-state index in [0.717, 1.165) is 16.7 Å². The van der Waals surface area contributed by atoms with E-state index in [1.54, 1.807) is 24.3 Å². The van der Waals surface area contributed by atoms with E-state index < -0.39 is 5.82 Å². The minimum Gasteiger partial charge on any atom is -0.490 e. The van der Waals surface area contributed by atoms with Gasteiger partial charge in [-0.1, -0.05) is 66.5 Å². The van der Waals surface area contributed by atoms with Crippen LogP contribution in [-0.4, -0.2) is 16.8 Å². The summed E-state index contributed by atoms with van der Waals surface area (Å²) in [5.74, 6) is 0.523. The van der Waals surface area contributed by atoms with Gasteiger partial charge in [0.1, 0.15) is 12.4 Å². The zero-order valence-electron chi connectivity index (χ0n) is 19.2. The Balaban J connectivity index is 1.67. The van der Waals surface area contributed by atoms with Crippen LogP contribution < -0.4 is 14.4 Å². The van der Waals surface area contributed by atoms with Crippen molar-refractivity contribution in [1.29, 1.82) is 0 Å². The number of rotatable bonds is 9. The Kier molecular flexibility index (Phi) is 8.00. The average Bonchev–Trinajstić information content (AvgIpc) is 3.12. The van der Waals surface area contributed by atoms with Gasteiger partial charge >= 0.3 is 0 Å². The highest BCUT2D eigenvalue weighted by Crippen LogP contribution is 2.39. The Morgan fingerprint density at radius 2 is 1.89 bits per heavy atom. The molecule has 1 amide bonds. The summed E-state index contributed by atoms with van der Waals surface area (Å²) in [5.41, 5.74) is 3.12. The van der Waals surface area contributed by atoms with Crippen LogP contribution in [0.5, 0.6) is 11.5 Å². The molecule has 0 aliphatic carbocycles. The fourth-order valence-electron chi connectivity index (χ4n) is 3.69. The first-order valence-electron chi connectivity index (χ1n) is 11.1. The second kappa shape index (κ2) is 11.3. The molecule has 0 unspecified atom stereocenters. The highest BCUT2D eigenvalue weighted by Gasteiger charge is 2.33. The van der Waals surface area contributed by atoms with E-state index in [9.17, 15) is 9.18 Å². The first-order valence-corrected chi connectivity index (χ1v) is 12.3. The highest BCUT2D eigenvalue weighted by atomic mass is 32.2. The third-order valence-electron chi connectivity index (χ3n) is 5.20. The molecule has 1 heterocycles. The van der Waals surface area contributed by atoms with Crippen molar-refractivity contribution in [3.63, 3.8) is 0 Å². The normalized spacial score (nSPS) is 14.5. The van der Waals surface area contributed by atoms with Crippen LogP contribution in [0.25, 0.3) is 6.08 Å². The first kappa shape index (κ1) is 24.7. The van der Waals surface area contributed by atoms with Crippen LogP contribution in [0.2, 0.25) is 0 Å². The summed E-state index contributed by atoms with van der Waals surface area (Å²) in [4.78, 5) is 14.9. The maximum atomic E-state index is 13.7. The number of halogens is 1. The van der Waals surface area contributed by atoms with Crippen molar-refractivity contribution in [3.8, 4) is 11.5 Å². The van der Waals surface area contributed by atoms with Crippen molar-refractivity contribution in [3.05, 3.63) is 107 Å². The van der Waals surface area contributed by atoms with E-state index in [4.69, 9.17) is 21.7 Å². The molecule has 0 aromatic heterocycles. The molecule has 1 aliphatic rings. The fourth-order valence-corrected chi connectivity index (χ4v) is 4.99. The maximum absolute atomic E-state index is 13.7. The molecule has 0 N–H and O–H groups in total. The maximum Gasteiger partial charge on any atom is 0.270 e. The molecule has 0 radical (unpaired) electrons. The van der Waals surface area contributed by atoms with Crippen molar-refractivity contribution in [2.24, 2.45) is 0 Å². The molecular weight excluding hydrogens is 481 g/mol. The smallest absolute Gasteiger partial charge is 0.270 e. The SMILES string of the molecule is C=CCc1cc(/C=C2/SC(=S)N(c3cccc(F)c3)C2=O)cc(OCC)c1OCc1ccccc1. The van der Waals surface area contributed by atoms with Gasteiger partial charge in [-0.3, -0.25) is 9.69 Å². The van der Waals surface area contributed by atoms with Crippen LogP contribution >= 0.6 is 24.0 Å². The van der Waals surface area contributed by atoms with Gasteiger partial charge < -0.3 is 9.47 Å². The lowest BCUT2D eigenvalue weighted by molar-refractivity contribution is -0.113. The lowest BCUT2D eigenvalue weighted by atomic mass is 10.0. The van der Waals surface area contributed by atoms with Crippen molar-refractivity contribution in [1.82, 2.24) is 0 Å². The van der Waals surface area contributed by atoms with E-state index in [-0.39, 0.29) is 5.91 Å². The second-order valence-electron chi connectivity index (χ2n) is 7.70. The summed E-state index contributed by atoms with van der Waals surface area (Å²) in [6.07, 6.45) is 4.14. The van der Waals surface area contributed by atoms with Crippen LogP contribution in [0.15, 0.2) is 84.3 Å². The number of allylic oxidation sites excluding steroid dienone is 1. The zero-order valence-corrected chi connectivity index (χ0v) is 20.8. The van der Waals surface area contributed by atoms with E-state index in [1.165, 1.54) is 28.8 Å². The number of hydrogen-bond donors (Lipinski definition) is 0. The predicted molar refractivity (Wildman–Crippen MR) is 144 cm³/mol. The van der Waals surface area contributed by atoms with E-state index in [1.807, 2.05) is 49.4 Å². The van der Waals surface area contributed by atoms with Gasteiger partial charge in [-0.15, -0.1) is 6.58 Å². The molecule has 1 fully saturated rings. The molecule has 7 heteroatoms. The van der Waals surface area contributed by atoms with Crippen molar-refractivity contribution < 1.29 is 18.7 Å². The molecule has 4 nitrogen and oxygen atoms in total.